The van der Waals surface area contributed by atoms with Crippen molar-refractivity contribution in [3.63, 3.8) is 0 Å². The van der Waals surface area contributed by atoms with Gasteiger partial charge in [0.2, 0.25) is 0 Å². The molecule has 0 amide bonds. The van der Waals surface area contributed by atoms with E-state index in [1.54, 1.807) is 0 Å². The normalized spacial score (nSPS) is 1.00. The molecule has 0 aromatic rings. The van der Waals surface area contributed by atoms with E-state index in [9.17, 15) is 0 Å². The topological polar surface area (TPSA) is 17.1 Å². The zero-order chi connectivity index (χ0) is 2.00. The zero-order valence-electron chi connectivity index (χ0n) is 1.88. The van der Waals surface area contributed by atoms with E-state index in [0.29, 0.717) is 0 Å². The molecule has 0 aromatic carbocycles. The van der Waals surface area contributed by atoms with Crippen molar-refractivity contribution < 1.29 is 26.6 Å². The molecular formula is CH3FFeO. The maximum atomic E-state index is 8.00. The first-order chi connectivity index (χ1) is 1.00. The number of rotatable bonds is 0. The molecular weight excluding hydrogens is 103 g/mol. The van der Waals surface area contributed by atoms with Gasteiger partial charge in [-0.3, -0.25) is 4.70 Å². The SMILES string of the molecule is C=O.F.[Fe]. The van der Waals surface area contributed by atoms with Crippen LogP contribution in [0.5, 0.6) is 0 Å². The van der Waals surface area contributed by atoms with Gasteiger partial charge in [0.25, 0.3) is 0 Å². The quantitative estimate of drug-likeness (QED) is 0.396. The molecule has 0 radical (unpaired) electrons. The molecule has 28 valence electrons. The van der Waals surface area contributed by atoms with E-state index in [1.165, 1.54) is 0 Å². The van der Waals surface area contributed by atoms with Crippen LogP contribution in [0.15, 0.2) is 0 Å². The summed E-state index contributed by atoms with van der Waals surface area (Å²) in [6.07, 6.45) is 0. The molecule has 0 fully saturated rings. The Labute approximate surface area is 34.2 Å². The van der Waals surface area contributed by atoms with Crippen LogP contribution >= 0.6 is 0 Å². The van der Waals surface area contributed by atoms with E-state index in [1.807, 2.05) is 6.79 Å². The van der Waals surface area contributed by atoms with Crippen LogP contribution in [0, 0.1) is 0 Å². The Morgan fingerprint density at radius 2 is 1.25 bits per heavy atom. The van der Waals surface area contributed by atoms with E-state index in [4.69, 9.17) is 4.79 Å². The van der Waals surface area contributed by atoms with Crippen molar-refractivity contribution in [2.75, 3.05) is 0 Å². The molecule has 0 atom stereocenters. The third-order valence-corrected chi connectivity index (χ3v) is 0. The fourth-order valence-corrected chi connectivity index (χ4v) is 0. The van der Waals surface area contributed by atoms with Crippen molar-refractivity contribution in [2.45, 2.75) is 0 Å². The van der Waals surface area contributed by atoms with E-state index in [-0.39, 0.29) is 21.8 Å². The van der Waals surface area contributed by atoms with Crippen LogP contribution in [0.1, 0.15) is 0 Å². The molecule has 0 unspecified atom stereocenters. The molecule has 0 spiro atoms. The minimum atomic E-state index is 0. The second kappa shape index (κ2) is 982. The van der Waals surface area contributed by atoms with E-state index in [2.05, 4.69) is 0 Å². The van der Waals surface area contributed by atoms with Crippen LogP contribution in [-0.2, 0) is 21.9 Å². The Morgan fingerprint density at radius 3 is 1.25 bits per heavy atom. The first-order valence-electron chi connectivity index (χ1n) is 0.289. The van der Waals surface area contributed by atoms with Gasteiger partial charge in [-0.2, -0.15) is 0 Å². The molecule has 1 nitrogen and oxygen atoms in total. The summed E-state index contributed by atoms with van der Waals surface area (Å²) in [5.74, 6) is 0. The van der Waals surface area contributed by atoms with Gasteiger partial charge < -0.3 is 4.79 Å². The Morgan fingerprint density at radius 1 is 1.25 bits per heavy atom. The number of carbonyl (C=O) groups is 1. The third kappa shape index (κ3) is 186. The predicted molar refractivity (Wildman–Crippen MR) is 9.62 cm³/mol. The smallest absolute Gasteiger partial charge is 0.106 e. The molecule has 0 saturated carbocycles. The van der Waals surface area contributed by atoms with Crippen LogP contribution in [-0.4, -0.2) is 6.79 Å². The van der Waals surface area contributed by atoms with Crippen molar-refractivity contribution >= 4 is 6.79 Å². The third-order valence-electron chi connectivity index (χ3n) is 0. The van der Waals surface area contributed by atoms with Crippen molar-refractivity contribution in [3.05, 3.63) is 0 Å². The molecule has 0 heterocycles. The number of hydrogen-bond donors (Lipinski definition) is 0. The standard InChI is InChI=1S/CH2O.FH.Fe/c1-2;;/h1H2;1H;. The van der Waals surface area contributed by atoms with Crippen LogP contribution in [0.4, 0.5) is 4.70 Å². The Bertz CT molecular complexity index is 8.00. The zero-order valence-corrected chi connectivity index (χ0v) is 2.98. The minimum Gasteiger partial charge on any atom is -0.307 e. The van der Waals surface area contributed by atoms with Crippen LogP contribution < -0.4 is 0 Å². The summed E-state index contributed by atoms with van der Waals surface area (Å²) < 4.78 is 0. The summed E-state index contributed by atoms with van der Waals surface area (Å²) in [6, 6.07) is 0. The number of halogens is 1. The predicted octanol–water partition coefficient (Wildman–Crippen LogP) is -0.0349. The van der Waals surface area contributed by atoms with Gasteiger partial charge in [-0.15, -0.1) is 0 Å². The molecule has 0 bridgehead atoms. The van der Waals surface area contributed by atoms with E-state index < -0.39 is 0 Å². The fourth-order valence-electron chi connectivity index (χ4n) is 0. The minimum absolute atomic E-state index is 0. The molecule has 0 aliphatic carbocycles. The molecule has 4 heavy (non-hydrogen) atoms. The summed E-state index contributed by atoms with van der Waals surface area (Å²) in [7, 11) is 0. The fraction of sp³-hybridized carbons (Fsp3) is 0. The van der Waals surface area contributed by atoms with Crippen LogP contribution in [0.3, 0.4) is 0 Å². The Kier molecular flexibility index (Phi) is 7850. The van der Waals surface area contributed by atoms with Gasteiger partial charge >= 0.3 is 0 Å². The van der Waals surface area contributed by atoms with Crippen LogP contribution in [0.25, 0.3) is 0 Å². The Balaban J connectivity index is -0.00000000500. The van der Waals surface area contributed by atoms with Gasteiger partial charge in [0.05, 0.1) is 0 Å². The van der Waals surface area contributed by atoms with Crippen molar-refractivity contribution in [1.29, 1.82) is 0 Å². The summed E-state index contributed by atoms with van der Waals surface area (Å²) in [5, 5.41) is 0. The van der Waals surface area contributed by atoms with Crippen molar-refractivity contribution in [1.82, 2.24) is 0 Å². The molecule has 0 saturated heterocycles. The van der Waals surface area contributed by atoms with Gasteiger partial charge in [-0.05, 0) is 0 Å². The second-order valence-corrected chi connectivity index (χ2v) is 0. The average Bonchev–Trinajstić information content (AvgIpc) is 1.00. The van der Waals surface area contributed by atoms with Crippen molar-refractivity contribution in [3.8, 4) is 0 Å². The molecule has 3 heteroatoms. The van der Waals surface area contributed by atoms with E-state index >= 15 is 0 Å². The average molecular weight is 106 g/mol. The summed E-state index contributed by atoms with van der Waals surface area (Å²) >= 11 is 0. The van der Waals surface area contributed by atoms with Crippen LogP contribution in [0.2, 0.25) is 0 Å². The van der Waals surface area contributed by atoms with E-state index in [0.717, 1.165) is 0 Å². The summed E-state index contributed by atoms with van der Waals surface area (Å²) in [5.41, 5.74) is 0. The van der Waals surface area contributed by atoms with Gasteiger partial charge in [0, 0.05) is 17.1 Å². The summed E-state index contributed by atoms with van der Waals surface area (Å²) in [4.78, 5) is 8.00. The monoisotopic (exact) mass is 106 g/mol. The van der Waals surface area contributed by atoms with Crippen molar-refractivity contribution in [2.24, 2.45) is 0 Å². The largest absolute Gasteiger partial charge is 0.307 e. The first kappa shape index (κ1) is 32.0. The van der Waals surface area contributed by atoms with Gasteiger partial charge in [0.15, 0.2) is 0 Å². The Hall–Kier alpha value is 0.119. The molecule has 0 rings (SSSR count). The van der Waals surface area contributed by atoms with Gasteiger partial charge in [-0.1, -0.05) is 0 Å². The van der Waals surface area contributed by atoms with Gasteiger partial charge in [-0.25, -0.2) is 0 Å². The number of carbonyl (C=O) groups excluding carboxylic acids is 1. The van der Waals surface area contributed by atoms with Gasteiger partial charge in [0.1, 0.15) is 6.79 Å². The molecule has 0 aliphatic heterocycles. The summed E-state index contributed by atoms with van der Waals surface area (Å²) in [6.45, 7) is 2.00. The molecule has 0 N–H and O–H groups in total. The number of hydrogen-bond acceptors (Lipinski definition) is 1. The molecule has 0 aromatic heterocycles. The maximum absolute atomic E-state index is 8.00. The molecule has 0 aliphatic rings. The maximum Gasteiger partial charge on any atom is 0.106 e. The second-order valence-electron chi connectivity index (χ2n) is 0. The first-order valence-corrected chi connectivity index (χ1v) is 0.289.